The van der Waals surface area contributed by atoms with E-state index >= 15 is 0 Å². The van der Waals surface area contributed by atoms with Gasteiger partial charge in [-0.1, -0.05) is 74.3 Å². The highest BCUT2D eigenvalue weighted by Crippen LogP contribution is 2.38. The van der Waals surface area contributed by atoms with Crippen molar-refractivity contribution in [1.82, 2.24) is 0 Å². The average Bonchev–Trinajstić information content (AvgIpc) is 2.74. The number of aromatic hydroxyl groups is 1. The summed E-state index contributed by atoms with van der Waals surface area (Å²) in [7, 11) is 0. The molecule has 2 N–H and O–H groups in total. The molecular formula is C26H25Cl2NO2. The van der Waals surface area contributed by atoms with Gasteiger partial charge in [0.25, 0.3) is 0 Å². The minimum absolute atomic E-state index is 0.0238. The van der Waals surface area contributed by atoms with Crippen molar-refractivity contribution in [3.8, 4) is 5.75 Å². The molecule has 5 heteroatoms. The summed E-state index contributed by atoms with van der Waals surface area (Å²) in [4.78, 5) is 12.0. The maximum Gasteiger partial charge on any atom is 0.226 e. The fourth-order valence-corrected chi connectivity index (χ4v) is 3.91. The van der Waals surface area contributed by atoms with Crippen LogP contribution >= 0.6 is 23.2 Å². The van der Waals surface area contributed by atoms with Crippen LogP contribution in [0.5, 0.6) is 5.75 Å². The minimum atomic E-state index is -0.0918. The van der Waals surface area contributed by atoms with Crippen LogP contribution in [-0.4, -0.2) is 11.0 Å². The molecule has 3 nitrogen and oxygen atoms in total. The van der Waals surface area contributed by atoms with Crippen molar-refractivity contribution >= 4 is 45.9 Å². The van der Waals surface area contributed by atoms with Crippen molar-refractivity contribution in [2.45, 2.75) is 27.2 Å². The Kier molecular flexibility index (Phi) is 7.42. The van der Waals surface area contributed by atoms with Crippen molar-refractivity contribution in [1.29, 1.82) is 0 Å². The number of hydrogen-bond acceptors (Lipinski definition) is 2. The summed E-state index contributed by atoms with van der Waals surface area (Å²) in [6.45, 7) is 5.80. The number of carbonyl (C=O) groups is 1. The van der Waals surface area contributed by atoms with Gasteiger partial charge in [-0.05, 0) is 70.7 Å². The van der Waals surface area contributed by atoms with Gasteiger partial charge in [-0.25, -0.2) is 0 Å². The standard InChI is InChI=1S/C26H25Cl2NO2/c1-4-22(23-14-9-19(27)15-24(23)28)25(18-7-12-21(30)13-8-18)17-5-10-20(11-6-17)29-26(31)16(2)3/h5-16,30H,4H2,1-3H3,(H,29,31)/b25-22+. The molecule has 0 radical (unpaired) electrons. The van der Waals surface area contributed by atoms with Gasteiger partial charge in [0.2, 0.25) is 5.91 Å². The molecule has 0 bridgehead atoms. The maximum absolute atomic E-state index is 12.0. The van der Waals surface area contributed by atoms with Crippen LogP contribution in [0.4, 0.5) is 5.69 Å². The number of allylic oxidation sites excluding steroid dienone is 1. The SMILES string of the molecule is CC/C(=C(\c1ccc(O)cc1)c1ccc(NC(=O)C(C)C)cc1)c1ccc(Cl)cc1Cl. The largest absolute Gasteiger partial charge is 0.508 e. The molecule has 0 heterocycles. The number of hydrogen-bond donors (Lipinski definition) is 2. The van der Waals surface area contributed by atoms with Crippen molar-refractivity contribution in [3.05, 3.63) is 93.5 Å². The molecular weight excluding hydrogens is 429 g/mol. The lowest BCUT2D eigenvalue weighted by Gasteiger charge is -2.18. The second-order valence-electron chi connectivity index (χ2n) is 7.60. The lowest BCUT2D eigenvalue weighted by molar-refractivity contribution is -0.118. The molecule has 3 aromatic carbocycles. The van der Waals surface area contributed by atoms with E-state index in [4.69, 9.17) is 23.2 Å². The monoisotopic (exact) mass is 453 g/mol. The Labute approximate surface area is 193 Å². The van der Waals surface area contributed by atoms with Crippen LogP contribution < -0.4 is 5.32 Å². The number of phenols is 1. The molecule has 3 rings (SSSR count). The first-order valence-electron chi connectivity index (χ1n) is 10.2. The van der Waals surface area contributed by atoms with E-state index in [2.05, 4.69) is 12.2 Å². The Bertz CT molecular complexity index is 1100. The van der Waals surface area contributed by atoms with Gasteiger partial charge in [0.1, 0.15) is 5.75 Å². The molecule has 160 valence electrons. The molecule has 0 aliphatic rings. The van der Waals surface area contributed by atoms with Gasteiger partial charge in [0, 0.05) is 21.7 Å². The predicted octanol–water partition coefficient (Wildman–Crippen LogP) is 7.66. The van der Waals surface area contributed by atoms with Gasteiger partial charge in [-0.15, -0.1) is 0 Å². The highest BCUT2D eigenvalue weighted by atomic mass is 35.5. The first-order valence-corrected chi connectivity index (χ1v) is 10.9. The Balaban J connectivity index is 2.16. The number of benzene rings is 3. The zero-order valence-corrected chi connectivity index (χ0v) is 19.3. The van der Waals surface area contributed by atoms with Gasteiger partial charge < -0.3 is 10.4 Å². The average molecular weight is 454 g/mol. The van der Waals surface area contributed by atoms with E-state index in [1.54, 1.807) is 18.2 Å². The van der Waals surface area contributed by atoms with Gasteiger partial charge in [0.15, 0.2) is 0 Å². The van der Waals surface area contributed by atoms with Crippen molar-refractivity contribution in [2.75, 3.05) is 5.32 Å². The Morgan fingerprint density at radius 2 is 1.52 bits per heavy atom. The van der Waals surface area contributed by atoms with E-state index in [9.17, 15) is 9.90 Å². The molecule has 0 saturated heterocycles. The second-order valence-corrected chi connectivity index (χ2v) is 8.44. The topological polar surface area (TPSA) is 49.3 Å². The van der Waals surface area contributed by atoms with Gasteiger partial charge in [-0.2, -0.15) is 0 Å². The summed E-state index contributed by atoms with van der Waals surface area (Å²) < 4.78 is 0. The van der Waals surface area contributed by atoms with Gasteiger partial charge >= 0.3 is 0 Å². The van der Waals surface area contributed by atoms with Crippen LogP contribution in [0.1, 0.15) is 43.9 Å². The summed E-state index contributed by atoms with van der Waals surface area (Å²) in [5.41, 5.74) is 5.67. The van der Waals surface area contributed by atoms with E-state index < -0.39 is 0 Å². The smallest absolute Gasteiger partial charge is 0.226 e. The van der Waals surface area contributed by atoms with Gasteiger partial charge in [-0.3, -0.25) is 4.79 Å². The van der Waals surface area contributed by atoms with Crippen LogP contribution in [0.15, 0.2) is 66.7 Å². The molecule has 0 saturated carbocycles. The van der Waals surface area contributed by atoms with E-state index in [-0.39, 0.29) is 17.6 Å². The van der Waals surface area contributed by atoms with E-state index in [1.807, 2.05) is 62.4 Å². The lowest BCUT2D eigenvalue weighted by atomic mass is 9.88. The zero-order valence-electron chi connectivity index (χ0n) is 17.7. The first-order chi connectivity index (χ1) is 14.8. The Morgan fingerprint density at radius 3 is 2.03 bits per heavy atom. The van der Waals surface area contributed by atoms with Crippen molar-refractivity contribution in [3.63, 3.8) is 0 Å². The highest BCUT2D eigenvalue weighted by molar-refractivity contribution is 6.36. The van der Waals surface area contributed by atoms with Crippen LogP contribution in [-0.2, 0) is 4.79 Å². The van der Waals surface area contributed by atoms with E-state index in [0.717, 1.165) is 39.9 Å². The number of halogens is 2. The third kappa shape index (κ3) is 5.49. The quantitative estimate of drug-likeness (QED) is 0.376. The minimum Gasteiger partial charge on any atom is -0.508 e. The molecule has 0 spiro atoms. The van der Waals surface area contributed by atoms with Gasteiger partial charge in [0.05, 0.1) is 0 Å². The van der Waals surface area contributed by atoms with Crippen molar-refractivity contribution < 1.29 is 9.90 Å². The molecule has 3 aromatic rings. The van der Waals surface area contributed by atoms with Crippen LogP contribution in [0.25, 0.3) is 11.1 Å². The third-order valence-electron chi connectivity index (χ3n) is 5.03. The molecule has 31 heavy (non-hydrogen) atoms. The Morgan fingerprint density at radius 1 is 0.935 bits per heavy atom. The normalized spacial score (nSPS) is 11.9. The summed E-state index contributed by atoms with van der Waals surface area (Å²) in [6.07, 6.45) is 0.739. The van der Waals surface area contributed by atoms with Crippen LogP contribution in [0.3, 0.4) is 0 Å². The number of phenolic OH excluding ortho intramolecular Hbond substituents is 1. The van der Waals surface area contributed by atoms with Crippen molar-refractivity contribution in [2.24, 2.45) is 5.92 Å². The number of rotatable bonds is 6. The van der Waals surface area contributed by atoms with Crippen LogP contribution in [0, 0.1) is 5.92 Å². The van der Waals surface area contributed by atoms with E-state index in [0.29, 0.717) is 10.0 Å². The zero-order chi connectivity index (χ0) is 22.5. The number of carbonyl (C=O) groups excluding carboxylic acids is 1. The molecule has 0 aromatic heterocycles. The number of amides is 1. The third-order valence-corrected chi connectivity index (χ3v) is 5.58. The lowest BCUT2D eigenvalue weighted by Crippen LogP contribution is -2.17. The van der Waals surface area contributed by atoms with Crippen LogP contribution in [0.2, 0.25) is 10.0 Å². The Hall–Kier alpha value is -2.75. The number of nitrogens with one attached hydrogen (secondary N) is 1. The second kappa shape index (κ2) is 10.0. The fraction of sp³-hybridized carbons (Fsp3) is 0.192. The summed E-state index contributed by atoms with van der Waals surface area (Å²) in [5.74, 6) is 0.0903. The summed E-state index contributed by atoms with van der Waals surface area (Å²) in [5, 5.41) is 13.9. The summed E-state index contributed by atoms with van der Waals surface area (Å²) in [6, 6.07) is 20.4. The molecule has 1 amide bonds. The molecule has 0 fully saturated rings. The first kappa shape index (κ1) is 22.9. The molecule has 0 aliphatic heterocycles. The fourth-order valence-electron chi connectivity index (χ4n) is 3.39. The molecule has 0 atom stereocenters. The van der Waals surface area contributed by atoms with E-state index in [1.165, 1.54) is 0 Å². The summed E-state index contributed by atoms with van der Waals surface area (Å²) >= 11 is 12.7. The highest BCUT2D eigenvalue weighted by Gasteiger charge is 2.16. The molecule has 0 aliphatic carbocycles. The number of anilines is 1. The maximum atomic E-state index is 12.0. The molecule has 0 unspecified atom stereocenters. The predicted molar refractivity (Wildman–Crippen MR) is 131 cm³/mol.